The molecule has 0 spiro atoms. The summed E-state index contributed by atoms with van der Waals surface area (Å²) in [5, 5.41) is 11.7. The Morgan fingerprint density at radius 2 is 2.27 bits per heavy atom. The molecule has 0 aromatic rings. The van der Waals surface area contributed by atoms with Crippen LogP contribution in [-0.2, 0) is 4.79 Å². The van der Waals surface area contributed by atoms with Gasteiger partial charge in [0.25, 0.3) is 0 Å². The second-order valence-corrected chi connectivity index (χ2v) is 2.46. The van der Waals surface area contributed by atoms with Crippen molar-refractivity contribution in [3.63, 3.8) is 0 Å². The van der Waals surface area contributed by atoms with Crippen molar-refractivity contribution in [1.82, 2.24) is 5.32 Å². The molecule has 0 aliphatic carbocycles. The molecule has 6 N–H and O–H groups in total. The summed E-state index contributed by atoms with van der Waals surface area (Å²) in [4.78, 5) is 10.3. The minimum absolute atomic E-state index is 0.0870. The first-order valence-electron chi connectivity index (χ1n) is 3.48. The Morgan fingerprint density at radius 1 is 1.73 bits per heavy atom. The molecule has 0 rings (SSSR count). The number of rotatable bonds is 5. The number of carbonyl (C=O) groups is 1. The van der Waals surface area contributed by atoms with E-state index in [1.807, 2.05) is 6.92 Å². The molecule has 0 aliphatic heterocycles. The summed E-state index contributed by atoms with van der Waals surface area (Å²) in [6.07, 6.45) is -1.12. The van der Waals surface area contributed by atoms with Crippen LogP contribution in [0.25, 0.3) is 0 Å². The largest absolute Gasteiger partial charge is 0.382 e. The lowest BCUT2D eigenvalue weighted by molar-refractivity contribution is -0.125. The number of amides is 1. The highest BCUT2D eigenvalue weighted by atomic mass is 16.3. The van der Waals surface area contributed by atoms with E-state index < -0.39 is 12.0 Å². The lowest BCUT2D eigenvalue weighted by Gasteiger charge is -2.12. The summed E-state index contributed by atoms with van der Waals surface area (Å²) >= 11 is 0. The van der Waals surface area contributed by atoms with E-state index in [0.717, 1.165) is 0 Å². The summed E-state index contributed by atoms with van der Waals surface area (Å²) in [5.41, 5.74) is 10.1. The average Bonchev–Trinajstić information content (AvgIpc) is 1.99. The lowest BCUT2D eigenvalue weighted by atomic mass is 10.3. The number of aliphatic hydroxyl groups is 1. The molecule has 0 saturated carbocycles. The SMILES string of the molecule is CC(CN)NCC(O)C(N)=O. The highest BCUT2D eigenvalue weighted by Crippen LogP contribution is 1.80. The second kappa shape index (κ2) is 5.06. The standard InChI is InChI=1S/C6H15N3O2/c1-4(2-7)9-3-5(10)6(8)11/h4-5,9-10H,2-3,7H2,1H3,(H2,8,11). The second-order valence-electron chi connectivity index (χ2n) is 2.46. The summed E-state index contributed by atoms with van der Waals surface area (Å²) in [5.74, 6) is -0.721. The molecule has 0 saturated heterocycles. The average molecular weight is 161 g/mol. The summed E-state index contributed by atoms with van der Waals surface area (Å²) in [7, 11) is 0. The quantitative estimate of drug-likeness (QED) is 0.366. The van der Waals surface area contributed by atoms with Crippen LogP contribution in [0.3, 0.4) is 0 Å². The highest BCUT2D eigenvalue weighted by Gasteiger charge is 2.10. The first-order chi connectivity index (χ1) is 5.07. The van der Waals surface area contributed by atoms with E-state index in [0.29, 0.717) is 6.54 Å². The van der Waals surface area contributed by atoms with Crippen molar-refractivity contribution in [2.45, 2.75) is 19.1 Å². The lowest BCUT2D eigenvalue weighted by Crippen LogP contribution is -2.43. The molecule has 2 atom stereocenters. The molecule has 5 nitrogen and oxygen atoms in total. The molecule has 1 amide bonds. The van der Waals surface area contributed by atoms with Crippen LogP contribution < -0.4 is 16.8 Å². The maximum atomic E-state index is 10.3. The van der Waals surface area contributed by atoms with Gasteiger partial charge in [0.15, 0.2) is 0 Å². The van der Waals surface area contributed by atoms with Gasteiger partial charge in [-0.3, -0.25) is 4.79 Å². The minimum atomic E-state index is -1.12. The Kier molecular flexibility index (Phi) is 4.76. The third kappa shape index (κ3) is 4.72. The molecule has 0 aromatic carbocycles. The molecule has 0 heterocycles. The zero-order chi connectivity index (χ0) is 8.85. The molecular weight excluding hydrogens is 146 g/mol. The van der Waals surface area contributed by atoms with Gasteiger partial charge in [0.2, 0.25) is 5.91 Å². The summed E-state index contributed by atoms with van der Waals surface area (Å²) in [6, 6.07) is 0.0870. The Hall–Kier alpha value is -0.650. The number of carbonyl (C=O) groups excluding carboxylic acids is 1. The number of aliphatic hydroxyl groups excluding tert-OH is 1. The van der Waals surface area contributed by atoms with Gasteiger partial charge in [-0.15, -0.1) is 0 Å². The van der Waals surface area contributed by atoms with Crippen molar-refractivity contribution >= 4 is 5.91 Å². The maximum absolute atomic E-state index is 10.3. The minimum Gasteiger partial charge on any atom is -0.382 e. The first kappa shape index (κ1) is 10.3. The molecule has 0 radical (unpaired) electrons. The van der Waals surface area contributed by atoms with E-state index >= 15 is 0 Å². The van der Waals surface area contributed by atoms with E-state index in [-0.39, 0.29) is 12.6 Å². The van der Waals surface area contributed by atoms with Crippen LogP contribution in [-0.4, -0.2) is 36.2 Å². The number of primary amides is 1. The van der Waals surface area contributed by atoms with Gasteiger partial charge >= 0.3 is 0 Å². The van der Waals surface area contributed by atoms with Crippen LogP contribution >= 0.6 is 0 Å². The van der Waals surface area contributed by atoms with Crippen molar-refractivity contribution in [3.05, 3.63) is 0 Å². The maximum Gasteiger partial charge on any atom is 0.247 e. The fraction of sp³-hybridized carbons (Fsp3) is 0.833. The van der Waals surface area contributed by atoms with E-state index in [1.54, 1.807) is 0 Å². The molecule has 11 heavy (non-hydrogen) atoms. The Morgan fingerprint density at radius 3 is 2.64 bits per heavy atom. The topological polar surface area (TPSA) is 101 Å². The number of nitrogens with two attached hydrogens (primary N) is 2. The Balaban J connectivity index is 3.45. The predicted molar refractivity (Wildman–Crippen MR) is 41.7 cm³/mol. The zero-order valence-corrected chi connectivity index (χ0v) is 6.58. The number of nitrogens with one attached hydrogen (secondary N) is 1. The van der Waals surface area contributed by atoms with Gasteiger partial charge in [-0.2, -0.15) is 0 Å². The van der Waals surface area contributed by atoms with Crippen LogP contribution in [0.15, 0.2) is 0 Å². The van der Waals surface area contributed by atoms with Gasteiger partial charge in [0.05, 0.1) is 0 Å². The van der Waals surface area contributed by atoms with Crippen LogP contribution in [0.4, 0.5) is 0 Å². The molecule has 0 aromatic heterocycles. The van der Waals surface area contributed by atoms with E-state index in [1.165, 1.54) is 0 Å². The van der Waals surface area contributed by atoms with Gasteiger partial charge in [-0.05, 0) is 6.92 Å². The van der Waals surface area contributed by atoms with E-state index in [2.05, 4.69) is 5.32 Å². The van der Waals surface area contributed by atoms with E-state index in [4.69, 9.17) is 16.6 Å². The third-order valence-corrected chi connectivity index (χ3v) is 1.34. The van der Waals surface area contributed by atoms with Crippen LogP contribution in [0.5, 0.6) is 0 Å². The zero-order valence-electron chi connectivity index (χ0n) is 6.58. The van der Waals surface area contributed by atoms with Crippen LogP contribution in [0.2, 0.25) is 0 Å². The molecule has 2 unspecified atom stereocenters. The normalized spacial score (nSPS) is 15.9. The predicted octanol–water partition coefficient (Wildman–Crippen LogP) is -2.23. The van der Waals surface area contributed by atoms with Gasteiger partial charge in [-0.25, -0.2) is 0 Å². The fourth-order valence-electron chi connectivity index (χ4n) is 0.497. The molecule has 0 fully saturated rings. The van der Waals surface area contributed by atoms with Gasteiger partial charge in [0, 0.05) is 19.1 Å². The monoisotopic (exact) mass is 161 g/mol. The third-order valence-electron chi connectivity index (χ3n) is 1.34. The fourth-order valence-corrected chi connectivity index (χ4v) is 0.497. The van der Waals surface area contributed by atoms with Crippen LogP contribution in [0.1, 0.15) is 6.92 Å². The van der Waals surface area contributed by atoms with Crippen molar-refractivity contribution in [1.29, 1.82) is 0 Å². The molecular formula is C6H15N3O2. The summed E-state index contributed by atoms with van der Waals surface area (Å²) < 4.78 is 0. The molecule has 0 bridgehead atoms. The van der Waals surface area contributed by atoms with Crippen molar-refractivity contribution in [3.8, 4) is 0 Å². The van der Waals surface area contributed by atoms with Crippen molar-refractivity contribution in [2.75, 3.05) is 13.1 Å². The van der Waals surface area contributed by atoms with Gasteiger partial charge in [0.1, 0.15) is 6.10 Å². The molecule has 5 heteroatoms. The molecule has 66 valence electrons. The highest BCUT2D eigenvalue weighted by molar-refractivity contribution is 5.78. The number of hydrogen-bond acceptors (Lipinski definition) is 4. The summed E-state index contributed by atoms with van der Waals surface area (Å²) in [6.45, 7) is 2.48. The van der Waals surface area contributed by atoms with Crippen molar-refractivity contribution < 1.29 is 9.90 Å². The first-order valence-corrected chi connectivity index (χ1v) is 3.48. The molecule has 0 aliphatic rings. The van der Waals surface area contributed by atoms with Crippen molar-refractivity contribution in [2.24, 2.45) is 11.5 Å². The van der Waals surface area contributed by atoms with Gasteiger partial charge < -0.3 is 21.9 Å². The van der Waals surface area contributed by atoms with E-state index in [9.17, 15) is 4.79 Å². The number of hydrogen-bond donors (Lipinski definition) is 4. The Bertz CT molecular complexity index is 129. The van der Waals surface area contributed by atoms with Gasteiger partial charge in [-0.1, -0.05) is 0 Å². The smallest absolute Gasteiger partial charge is 0.247 e. The van der Waals surface area contributed by atoms with Crippen LogP contribution in [0, 0.1) is 0 Å². The Labute approximate surface area is 65.7 Å².